The van der Waals surface area contributed by atoms with Crippen molar-refractivity contribution < 1.29 is 4.79 Å². The van der Waals surface area contributed by atoms with E-state index in [-0.39, 0.29) is 11.9 Å². The van der Waals surface area contributed by atoms with Crippen molar-refractivity contribution in [3.63, 3.8) is 0 Å². The van der Waals surface area contributed by atoms with E-state index in [9.17, 15) is 4.79 Å². The third kappa shape index (κ3) is 3.47. The molecule has 0 saturated heterocycles. The quantitative estimate of drug-likeness (QED) is 0.456. The van der Waals surface area contributed by atoms with E-state index in [1.54, 1.807) is 12.1 Å². The van der Waals surface area contributed by atoms with Crippen LogP contribution in [0.4, 0.5) is 5.69 Å². The standard InChI is InChI=1S/C12H16N4O/c1-9(6-12(17)15-14)16(2)11-5-3-4-10(7-11)8-13/h3-5,7,9H,6,14H2,1-2H3,(H,15,17). The van der Waals surface area contributed by atoms with Gasteiger partial charge in [0, 0.05) is 25.2 Å². The highest BCUT2D eigenvalue weighted by Crippen LogP contribution is 2.17. The van der Waals surface area contributed by atoms with Gasteiger partial charge in [-0.3, -0.25) is 10.2 Å². The fourth-order valence-corrected chi connectivity index (χ4v) is 1.51. The third-order valence-electron chi connectivity index (χ3n) is 2.69. The molecule has 0 heterocycles. The average molecular weight is 232 g/mol. The molecule has 0 aliphatic heterocycles. The monoisotopic (exact) mass is 232 g/mol. The Hall–Kier alpha value is -2.06. The van der Waals surface area contributed by atoms with Crippen LogP contribution in [0.2, 0.25) is 0 Å². The lowest BCUT2D eigenvalue weighted by Crippen LogP contribution is -2.37. The van der Waals surface area contributed by atoms with Crippen LogP contribution < -0.4 is 16.2 Å². The minimum atomic E-state index is -0.208. The van der Waals surface area contributed by atoms with Crippen LogP contribution in [-0.2, 0) is 4.79 Å². The second kappa shape index (κ2) is 5.87. The molecule has 1 amide bonds. The third-order valence-corrected chi connectivity index (χ3v) is 2.69. The fraction of sp³-hybridized carbons (Fsp3) is 0.333. The van der Waals surface area contributed by atoms with Crippen LogP contribution in [0.15, 0.2) is 24.3 Å². The average Bonchev–Trinajstić information content (AvgIpc) is 2.37. The van der Waals surface area contributed by atoms with Crippen LogP contribution in [0.1, 0.15) is 18.9 Å². The van der Waals surface area contributed by atoms with E-state index in [2.05, 4.69) is 11.5 Å². The molecule has 90 valence electrons. The van der Waals surface area contributed by atoms with E-state index in [0.717, 1.165) is 5.69 Å². The van der Waals surface area contributed by atoms with E-state index in [4.69, 9.17) is 11.1 Å². The van der Waals surface area contributed by atoms with Crippen molar-refractivity contribution in [3.05, 3.63) is 29.8 Å². The van der Waals surface area contributed by atoms with Crippen LogP contribution in [-0.4, -0.2) is 19.0 Å². The normalized spacial score (nSPS) is 11.4. The maximum atomic E-state index is 11.2. The molecule has 5 nitrogen and oxygen atoms in total. The lowest BCUT2D eigenvalue weighted by Gasteiger charge is -2.26. The SMILES string of the molecule is CC(CC(=O)NN)N(C)c1cccc(C#N)c1. The molecule has 0 spiro atoms. The molecule has 1 aromatic rings. The predicted octanol–water partition coefficient (Wildman–Crippen LogP) is 0.763. The van der Waals surface area contributed by atoms with Gasteiger partial charge in [0.1, 0.15) is 0 Å². The van der Waals surface area contributed by atoms with E-state index in [1.807, 2.05) is 31.0 Å². The first-order valence-corrected chi connectivity index (χ1v) is 5.31. The number of nitrogens with one attached hydrogen (secondary N) is 1. The number of nitriles is 1. The molecule has 0 bridgehead atoms. The number of rotatable bonds is 4. The highest BCUT2D eigenvalue weighted by atomic mass is 16.2. The van der Waals surface area contributed by atoms with Crippen LogP contribution in [0, 0.1) is 11.3 Å². The Labute approximate surface area is 101 Å². The zero-order chi connectivity index (χ0) is 12.8. The molecule has 5 heteroatoms. The number of carbonyl (C=O) groups excluding carboxylic acids is 1. The summed E-state index contributed by atoms with van der Waals surface area (Å²) in [5.74, 6) is 4.84. The van der Waals surface area contributed by atoms with Crippen LogP contribution in [0.3, 0.4) is 0 Å². The van der Waals surface area contributed by atoms with Gasteiger partial charge in [0.2, 0.25) is 5.91 Å². The number of amides is 1. The number of carbonyl (C=O) groups is 1. The summed E-state index contributed by atoms with van der Waals surface area (Å²) in [6, 6.07) is 9.35. The molecule has 1 aromatic carbocycles. The summed E-state index contributed by atoms with van der Waals surface area (Å²) in [6.45, 7) is 1.92. The highest BCUT2D eigenvalue weighted by molar-refractivity contribution is 5.76. The Kier molecular flexibility index (Phi) is 4.49. The van der Waals surface area contributed by atoms with Crippen LogP contribution in [0.5, 0.6) is 0 Å². The van der Waals surface area contributed by atoms with Crippen molar-refractivity contribution in [1.82, 2.24) is 5.43 Å². The first-order valence-electron chi connectivity index (χ1n) is 5.31. The topological polar surface area (TPSA) is 82.2 Å². The van der Waals surface area contributed by atoms with Crippen molar-refractivity contribution in [3.8, 4) is 6.07 Å². The number of hydrogen-bond acceptors (Lipinski definition) is 4. The zero-order valence-electron chi connectivity index (χ0n) is 9.97. The van der Waals surface area contributed by atoms with Gasteiger partial charge in [-0.15, -0.1) is 0 Å². The van der Waals surface area contributed by atoms with Crippen LogP contribution in [0.25, 0.3) is 0 Å². The summed E-state index contributed by atoms with van der Waals surface area (Å²) in [7, 11) is 1.88. The molecule has 1 rings (SSSR count). The van der Waals surface area contributed by atoms with Crippen LogP contribution >= 0.6 is 0 Å². The van der Waals surface area contributed by atoms with Crippen molar-refractivity contribution in [1.29, 1.82) is 5.26 Å². The second-order valence-electron chi connectivity index (χ2n) is 3.89. The summed E-state index contributed by atoms with van der Waals surface area (Å²) in [4.78, 5) is 13.1. The minimum absolute atomic E-state index is 0.00694. The van der Waals surface area contributed by atoms with Gasteiger partial charge < -0.3 is 4.90 Å². The van der Waals surface area contributed by atoms with Crippen molar-refractivity contribution in [2.45, 2.75) is 19.4 Å². The van der Waals surface area contributed by atoms with Crippen molar-refractivity contribution in [2.24, 2.45) is 5.84 Å². The van der Waals surface area contributed by atoms with Gasteiger partial charge in [0.25, 0.3) is 0 Å². The Morgan fingerprint density at radius 2 is 2.35 bits per heavy atom. The van der Waals surface area contributed by atoms with Gasteiger partial charge in [-0.25, -0.2) is 5.84 Å². The largest absolute Gasteiger partial charge is 0.371 e. The first-order chi connectivity index (χ1) is 8.08. The van der Waals surface area contributed by atoms with Gasteiger partial charge in [-0.2, -0.15) is 5.26 Å². The van der Waals surface area contributed by atoms with Gasteiger partial charge in [-0.1, -0.05) is 6.07 Å². The van der Waals surface area contributed by atoms with Gasteiger partial charge in [0.05, 0.1) is 11.6 Å². The van der Waals surface area contributed by atoms with E-state index < -0.39 is 0 Å². The smallest absolute Gasteiger partial charge is 0.235 e. The molecule has 17 heavy (non-hydrogen) atoms. The maximum absolute atomic E-state index is 11.2. The van der Waals surface area contributed by atoms with Gasteiger partial charge in [0.15, 0.2) is 0 Å². The molecule has 0 radical (unpaired) electrons. The van der Waals surface area contributed by atoms with E-state index >= 15 is 0 Å². The lowest BCUT2D eigenvalue weighted by molar-refractivity contribution is -0.121. The maximum Gasteiger partial charge on any atom is 0.235 e. The molecule has 0 fully saturated rings. The molecule has 1 atom stereocenters. The van der Waals surface area contributed by atoms with E-state index in [0.29, 0.717) is 12.0 Å². The minimum Gasteiger partial charge on any atom is -0.371 e. The number of hydrazine groups is 1. The van der Waals surface area contributed by atoms with Gasteiger partial charge >= 0.3 is 0 Å². The zero-order valence-corrected chi connectivity index (χ0v) is 9.97. The molecule has 0 aliphatic rings. The Morgan fingerprint density at radius 3 is 2.94 bits per heavy atom. The Morgan fingerprint density at radius 1 is 1.65 bits per heavy atom. The lowest BCUT2D eigenvalue weighted by atomic mass is 10.1. The molecular weight excluding hydrogens is 216 g/mol. The highest BCUT2D eigenvalue weighted by Gasteiger charge is 2.13. The molecule has 1 unspecified atom stereocenters. The number of nitrogens with two attached hydrogens (primary N) is 1. The van der Waals surface area contributed by atoms with Crippen molar-refractivity contribution in [2.75, 3.05) is 11.9 Å². The summed E-state index contributed by atoms with van der Waals surface area (Å²) >= 11 is 0. The fourth-order valence-electron chi connectivity index (χ4n) is 1.51. The number of anilines is 1. The Balaban J connectivity index is 2.78. The van der Waals surface area contributed by atoms with Crippen molar-refractivity contribution >= 4 is 11.6 Å². The first kappa shape index (κ1) is 13.0. The molecule has 0 saturated carbocycles. The van der Waals surface area contributed by atoms with Gasteiger partial charge in [-0.05, 0) is 25.1 Å². The second-order valence-corrected chi connectivity index (χ2v) is 3.89. The summed E-state index contributed by atoms with van der Waals surface area (Å²) < 4.78 is 0. The molecular formula is C12H16N4O. The molecule has 0 aromatic heterocycles. The Bertz CT molecular complexity index is 438. The molecule has 3 N–H and O–H groups in total. The number of benzene rings is 1. The summed E-state index contributed by atoms with van der Waals surface area (Å²) in [5, 5.41) is 8.82. The summed E-state index contributed by atoms with van der Waals surface area (Å²) in [5.41, 5.74) is 3.61. The molecule has 0 aliphatic carbocycles. The van der Waals surface area contributed by atoms with E-state index in [1.165, 1.54) is 0 Å². The number of hydrogen-bond donors (Lipinski definition) is 2. The number of nitrogens with zero attached hydrogens (tertiary/aromatic N) is 2. The summed E-state index contributed by atoms with van der Waals surface area (Å²) in [6.07, 6.45) is 0.309. The predicted molar refractivity (Wildman–Crippen MR) is 66.0 cm³/mol.